The standard InChI is InChI=1S/C16H21BrN2O2/c17-15-2-1-12-9-14(10-13(12)11-15)16(21)19-5-3-18(4-6-19)7-8-20/h1-2,11,14,20H,3-10H2. The molecule has 114 valence electrons. The second-order valence-electron chi connectivity index (χ2n) is 5.91. The van der Waals surface area contributed by atoms with Crippen LogP contribution in [0.2, 0.25) is 0 Å². The minimum absolute atomic E-state index is 0.110. The SMILES string of the molecule is O=C(C1Cc2ccc(Br)cc2C1)N1CCN(CCO)CC1. The van der Waals surface area contributed by atoms with Crippen molar-refractivity contribution >= 4 is 21.8 Å². The first-order chi connectivity index (χ1) is 10.2. The largest absolute Gasteiger partial charge is 0.395 e. The van der Waals surface area contributed by atoms with Gasteiger partial charge in [-0.25, -0.2) is 0 Å². The van der Waals surface area contributed by atoms with E-state index in [1.807, 2.05) is 4.90 Å². The van der Waals surface area contributed by atoms with Crippen LogP contribution in [0.15, 0.2) is 22.7 Å². The fourth-order valence-electron chi connectivity index (χ4n) is 3.35. The number of benzene rings is 1. The molecule has 1 saturated heterocycles. The number of halogens is 1. The van der Waals surface area contributed by atoms with Gasteiger partial charge >= 0.3 is 0 Å². The number of piperazine rings is 1. The first kappa shape index (κ1) is 15.0. The van der Waals surface area contributed by atoms with E-state index in [-0.39, 0.29) is 12.5 Å². The predicted octanol–water partition coefficient (Wildman–Crippen LogP) is 1.30. The molecule has 1 unspecified atom stereocenters. The van der Waals surface area contributed by atoms with Gasteiger partial charge < -0.3 is 10.0 Å². The number of rotatable bonds is 3. The van der Waals surface area contributed by atoms with Crippen molar-refractivity contribution in [3.8, 4) is 0 Å². The molecule has 3 rings (SSSR count). The molecule has 1 aromatic rings. The summed E-state index contributed by atoms with van der Waals surface area (Å²) < 4.78 is 1.09. The molecule has 21 heavy (non-hydrogen) atoms. The third-order valence-electron chi connectivity index (χ3n) is 4.55. The molecule has 0 aromatic heterocycles. The Hall–Kier alpha value is -0.910. The van der Waals surface area contributed by atoms with Crippen LogP contribution in [0.5, 0.6) is 0 Å². The summed E-state index contributed by atoms with van der Waals surface area (Å²) in [5.74, 6) is 0.407. The van der Waals surface area contributed by atoms with Crippen molar-refractivity contribution in [1.82, 2.24) is 9.80 Å². The molecular weight excluding hydrogens is 332 g/mol. The van der Waals surface area contributed by atoms with Crippen LogP contribution in [0.25, 0.3) is 0 Å². The molecule has 1 aromatic carbocycles. The highest BCUT2D eigenvalue weighted by molar-refractivity contribution is 9.10. The smallest absolute Gasteiger partial charge is 0.226 e. The second-order valence-corrected chi connectivity index (χ2v) is 6.82. The van der Waals surface area contributed by atoms with Gasteiger partial charge in [-0.1, -0.05) is 22.0 Å². The van der Waals surface area contributed by atoms with E-state index in [9.17, 15) is 4.79 Å². The maximum atomic E-state index is 12.7. The summed E-state index contributed by atoms with van der Waals surface area (Å²) in [4.78, 5) is 16.9. The highest BCUT2D eigenvalue weighted by Gasteiger charge is 2.32. The van der Waals surface area contributed by atoms with Gasteiger partial charge in [-0.15, -0.1) is 0 Å². The normalized spacial score (nSPS) is 22.4. The Balaban J connectivity index is 1.58. The second kappa shape index (κ2) is 6.46. The van der Waals surface area contributed by atoms with Crippen LogP contribution < -0.4 is 0 Å². The Morgan fingerprint density at radius 1 is 1.19 bits per heavy atom. The maximum absolute atomic E-state index is 12.7. The summed E-state index contributed by atoms with van der Waals surface area (Å²) in [7, 11) is 0. The van der Waals surface area contributed by atoms with Gasteiger partial charge in [-0.05, 0) is 36.1 Å². The predicted molar refractivity (Wildman–Crippen MR) is 85.1 cm³/mol. The highest BCUT2D eigenvalue weighted by Crippen LogP contribution is 2.30. The summed E-state index contributed by atoms with van der Waals surface area (Å²) in [6.07, 6.45) is 1.74. The third kappa shape index (κ3) is 3.30. The van der Waals surface area contributed by atoms with Crippen LogP contribution >= 0.6 is 15.9 Å². The Labute approximate surface area is 133 Å². The Morgan fingerprint density at radius 3 is 2.62 bits per heavy atom. The van der Waals surface area contributed by atoms with Gasteiger partial charge in [0.1, 0.15) is 0 Å². The number of β-amino-alcohol motifs (C(OH)–C–C–N with tert-alkyl or cyclic N) is 1. The highest BCUT2D eigenvalue weighted by atomic mass is 79.9. The number of nitrogens with zero attached hydrogens (tertiary/aromatic N) is 2. The minimum Gasteiger partial charge on any atom is -0.395 e. The van der Waals surface area contributed by atoms with E-state index in [2.05, 4.69) is 39.0 Å². The van der Waals surface area contributed by atoms with Crippen molar-refractivity contribution in [2.45, 2.75) is 12.8 Å². The topological polar surface area (TPSA) is 43.8 Å². The lowest BCUT2D eigenvalue weighted by Gasteiger charge is -2.35. The average molecular weight is 353 g/mol. The van der Waals surface area contributed by atoms with E-state index < -0.39 is 0 Å². The molecule has 1 amide bonds. The summed E-state index contributed by atoms with van der Waals surface area (Å²) in [5, 5.41) is 8.96. The summed E-state index contributed by atoms with van der Waals surface area (Å²) in [6.45, 7) is 4.23. The molecule has 1 fully saturated rings. The fraction of sp³-hybridized carbons (Fsp3) is 0.562. The molecule has 4 nitrogen and oxygen atoms in total. The van der Waals surface area contributed by atoms with Crippen molar-refractivity contribution < 1.29 is 9.90 Å². The molecule has 1 heterocycles. The number of carbonyl (C=O) groups is 1. The number of amides is 1. The van der Waals surface area contributed by atoms with Gasteiger partial charge in [-0.3, -0.25) is 9.69 Å². The van der Waals surface area contributed by atoms with E-state index in [4.69, 9.17) is 5.11 Å². The first-order valence-corrected chi connectivity index (χ1v) is 8.36. The maximum Gasteiger partial charge on any atom is 0.226 e. The zero-order valence-electron chi connectivity index (χ0n) is 12.1. The van der Waals surface area contributed by atoms with Gasteiger partial charge in [0.25, 0.3) is 0 Å². The van der Waals surface area contributed by atoms with E-state index in [1.54, 1.807) is 0 Å². The van der Waals surface area contributed by atoms with Crippen molar-refractivity contribution in [3.05, 3.63) is 33.8 Å². The zero-order valence-corrected chi connectivity index (χ0v) is 13.7. The molecule has 2 aliphatic rings. The van der Waals surface area contributed by atoms with Crippen LogP contribution in [0.4, 0.5) is 0 Å². The molecule has 1 aliphatic carbocycles. The summed E-state index contributed by atoms with van der Waals surface area (Å²) in [6, 6.07) is 6.33. The van der Waals surface area contributed by atoms with E-state index in [1.165, 1.54) is 11.1 Å². The summed E-state index contributed by atoms with van der Waals surface area (Å²) >= 11 is 3.50. The number of aliphatic hydroxyl groups excluding tert-OH is 1. The molecule has 1 aliphatic heterocycles. The van der Waals surface area contributed by atoms with Gasteiger partial charge in [0.05, 0.1) is 6.61 Å². The third-order valence-corrected chi connectivity index (χ3v) is 5.04. The van der Waals surface area contributed by atoms with E-state index in [0.29, 0.717) is 12.5 Å². The van der Waals surface area contributed by atoms with E-state index >= 15 is 0 Å². The Morgan fingerprint density at radius 2 is 1.90 bits per heavy atom. The molecule has 0 spiro atoms. The molecule has 1 atom stereocenters. The molecule has 0 saturated carbocycles. The van der Waals surface area contributed by atoms with Crippen molar-refractivity contribution in [2.75, 3.05) is 39.3 Å². The van der Waals surface area contributed by atoms with Gasteiger partial charge in [0.2, 0.25) is 5.91 Å². The number of aliphatic hydroxyl groups is 1. The van der Waals surface area contributed by atoms with Gasteiger partial charge in [0, 0.05) is 43.1 Å². The monoisotopic (exact) mass is 352 g/mol. The van der Waals surface area contributed by atoms with Gasteiger partial charge in [-0.2, -0.15) is 0 Å². The minimum atomic E-state index is 0.110. The van der Waals surface area contributed by atoms with Crippen LogP contribution in [0.3, 0.4) is 0 Å². The number of hydrogen-bond donors (Lipinski definition) is 1. The Kier molecular flexibility index (Phi) is 4.62. The van der Waals surface area contributed by atoms with E-state index in [0.717, 1.165) is 43.5 Å². The number of carbonyl (C=O) groups excluding carboxylic acids is 1. The van der Waals surface area contributed by atoms with Crippen LogP contribution in [-0.4, -0.2) is 60.1 Å². The molecular formula is C16H21BrN2O2. The first-order valence-electron chi connectivity index (χ1n) is 7.56. The average Bonchev–Trinajstić information content (AvgIpc) is 2.90. The van der Waals surface area contributed by atoms with Gasteiger partial charge in [0.15, 0.2) is 0 Å². The fourth-order valence-corrected chi connectivity index (χ4v) is 3.76. The lowest BCUT2D eigenvalue weighted by atomic mass is 10.0. The molecule has 5 heteroatoms. The van der Waals surface area contributed by atoms with Crippen LogP contribution in [0.1, 0.15) is 11.1 Å². The molecule has 0 bridgehead atoms. The van der Waals surface area contributed by atoms with Crippen molar-refractivity contribution in [2.24, 2.45) is 5.92 Å². The lowest BCUT2D eigenvalue weighted by Crippen LogP contribution is -2.51. The van der Waals surface area contributed by atoms with Crippen molar-refractivity contribution in [3.63, 3.8) is 0 Å². The number of hydrogen-bond acceptors (Lipinski definition) is 3. The molecule has 0 radical (unpaired) electrons. The van der Waals surface area contributed by atoms with Crippen LogP contribution in [0, 0.1) is 5.92 Å². The van der Waals surface area contributed by atoms with Crippen molar-refractivity contribution in [1.29, 1.82) is 0 Å². The lowest BCUT2D eigenvalue weighted by molar-refractivity contribution is -0.137. The van der Waals surface area contributed by atoms with Crippen LogP contribution in [-0.2, 0) is 17.6 Å². The quantitative estimate of drug-likeness (QED) is 0.891. The number of fused-ring (bicyclic) bond motifs is 1. The molecule has 1 N–H and O–H groups in total. The zero-order chi connectivity index (χ0) is 14.8. The Bertz CT molecular complexity index is 527. The summed E-state index contributed by atoms with van der Waals surface area (Å²) in [5.41, 5.74) is 2.62.